The number of nitrogens with zero attached hydrogens (tertiary/aromatic N) is 4. The monoisotopic (exact) mass is 309 g/mol. The quantitative estimate of drug-likeness (QED) is 0.292. The number of hydrogen-bond acceptors (Lipinski definition) is 3. The van der Waals surface area contributed by atoms with E-state index in [-0.39, 0.29) is 5.96 Å². The van der Waals surface area contributed by atoms with Gasteiger partial charge in [0.05, 0.1) is 19.5 Å². The van der Waals surface area contributed by atoms with Crippen LogP contribution in [0.5, 0.6) is 0 Å². The highest BCUT2D eigenvalue weighted by Gasteiger charge is 2.14. The van der Waals surface area contributed by atoms with Crippen LogP contribution in [-0.2, 0) is 7.05 Å². The van der Waals surface area contributed by atoms with Crippen LogP contribution in [0.1, 0.15) is 5.56 Å². The first-order chi connectivity index (χ1) is 11.2. The highest BCUT2D eigenvalue weighted by molar-refractivity contribution is 5.82. The minimum absolute atomic E-state index is 0.162. The number of imidazole rings is 1. The van der Waals surface area contributed by atoms with Crippen molar-refractivity contribution in [3.05, 3.63) is 60.4 Å². The molecule has 0 fully saturated rings. The van der Waals surface area contributed by atoms with Crippen LogP contribution < -0.4 is 15.6 Å². The van der Waals surface area contributed by atoms with Crippen molar-refractivity contribution in [3.63, 3.8) is 0 Å². The molecular formula is C16H17N6O+. The van der Waals surface area contributed by atoms with Gasteiger partial charge in [0.1, 0.15) is 6.20 Å². The van der Waals surface area contributed by atoms with Gasteiger partial charge >= 0.3 is 0 Å². The van der Waals surface area contributed by atoms with E-state index in [1.807, 2.05) is 49.6 Å². The second-order valence-corrected chi connectivity index (χ2v) is 5.00. The van der Waals surface area contributed by atoms with Gasteiger partial charge in [-0.1, -0.05) is 18.2 Å². The predicted molar refractivity (Wildman–Crippen MR) is 88.1 cm³/mol. The zero-order valence-electron chi connectivity index (χ0n) is 12.6. The smallest absolute Gasteiger partial charge is 0.286 e. The largest absolute Gasteiger partial charge is 0.367 e. The Morgan fingerprint density at radius 2 is 2.04 bits per heavy atom. The molecular weight excluding hydrogens is 292 g/mol. The summed E-state index contributed by atoms with van der Waals surface area (Å²) in [5.74, 6) is -0.162. The van der Waals surface area contributed by atoms with Crippen molar-refractivity contribution in [3.8, 4) is 11.3 Å². The van der Waals surface area contributed by atoms with E-state index in [4.69, 9.17) is 10.9 Å². The maximum absolute atomic E-state index is 8.50. The average molecular weight is 309 g/mol. The summed E-state index contributed by atoms with van der Waals surface area (Å²) in [5.41, 5.74) is 11.2. The summed E-state index contributed by atoms with van der Waals surface area (Å²) in [4.78, 5) is 0. The maximum atomic E-state index is 8.50. The van der Waals surface area contributed by atoms with Gasteiger partial charge < -0.3 is 5.73 Å². The Hall–Kier alpha value is -3.19. The molecule has 1 aromatic carbocycles. The van der Waals surface area contributed by atoms with E-state index in [1.54, 1.807) is 11.7 Å². The van der Waals surface area contributed by atoms with Gasteiger partial charge in [-0.3, -0.25) is 5.21 Å². The first-order valence-corrected chi connectivity index (χ1v) is 7.02. The summed E-state index contributed by atoms with van der Waals surface area (Å²) in [6.45, 7) is 0. The summed E-state index contributed by atoms with van der Waals surface area (Å²) < 4.78 is 4.23. The lowest BCUT2D eigenvalue weighted by Gasteiger charge is -1.98. The number of aryl methyl sites for hydroxylation is 1. The summed E-state index contributed by atoms with van der Waals surface area (Å²) in [5, 5.41) is 15.8. The van der Waals surface area contributed by atoms with Crippen LogP contribution in [0, 0.1) is 0 Å². The molecule has 0 bridgehead atoms. The third-order valence-electron chi connectivity index (χ3n) is 3.53. The summed E-state index contributed by atoms with van der Waals surface area (Å²) in [6.07, 6.45) is 5.68. The molecule has 2 aromatic heterocycles. The van der Waals surface area contributed by atoms with Crippen LogP contribution in [0.3, 0.4) is 0 Å². The van der Waals surface area contributed by atoms with Crippen molar-refractivity contribution in [2.24, 2.45) is 23.0 Å². The van der Waals surface area contributed by atoms with Crippen molar-refractivity contribution in [2.45, 2.75) is 0 Å². The molecule has 0 unspecified atom stereocenters. The lowest BCUT2D eigenvalue weighted by molar-refractivity contribution is -0.510. The third-order valence-corrected chi connectivity index (χ3v) is 3.53. The van der Waals surface area contributed by atoms with Crippen LogP contribution in [-0.4, -0.2) is 21.9 Å². The van der Waals surface area contributed by atoms with E-state index in [2.05, 4.69) is 31.4 Å². The Bertz CT molecular complexity index is 879. The fourth-order valence-corrected chi connectivity index (χ4v) is 2.37. The molecule has 116 valence electrons. The van der Waals surface area contributed by atoms with Crippen molar-refractivity contribution in [1.29, 1.82) is 0 Å². The average Bonchev–Trinajstić information content (AvgIpc) is 2.93. The number of hydrogen-bond donors (Lipinski definition) is 3. The number of aromatic nitrogens is 2. The zero-order valence-corrected chi connectivity index (χ0v) is 12.6. The molecule has 0 aliphatic rings. The standard InChI is InChI=1S/C16H17N6O/c1-21-14(11-22-9-3-2-4-15(21)22)13-7-5-12(6-8-13)10-18-19-16(17)20-23/h2-11,23H,1H3,(H3,17,19,20)/q+1/b18-10+. The fraction of sp³-hybridized carbons (Fsp3) is 0.0625. The second kappa shape index (κ2) is 6.29. The minimum Gasteiger partial charge on any atom is -0.367 e. The first-order valence-electron chi connectivity index (χ1n) is 7.02. The summed E-state index contributed by atoms with van der Waals surface area (Å²) in [6, 6.07) is 14.0. The molecule has 3 rings (SSSR count). The molecule has 0 atom stereocenters. The van der Waals surface area contributed by atoms with E-state index < -0.39 is 0 Å². The van der Waals surface area contributed by atoms with Crippen LogP contribution in [0.25, 0.3) is 16.9 Å². The maximum Gasteiger partial charge on any atom is 0.286 e. The number of guanidine groups is 1. The van der Waals surface area contributed by atoms with Crippen LogP contribution in [0.2, 0.25) is 0 Å². The molecule has 23 heavy (non-hydrogen) atoms. The number of rotatable bonds is 3. The molecule has 0 aliphatic heterocycles. The van der Waals surface area contributed by atoms with Gasteiger partial charge in [-0.25, -0.2) is 14.4 Å². The number of fused-ring (bicyclic) bond motifs is 1. The fourth-order valence-electron chi connectivity index (χ4n) is 2.37. The van der Waals surface area contributed by atoms with Gasteiger partial charge in [0.15, 0.2) is 5.69 Å². The van der Waals surface area contributed by atoms with Crippen molar-refractivity contribution in [2.75, 3.05) is 0 Å². The lowest BCUT2D eigenvalue weighted by atomic mass is 10.1. The van der Waals surface area contributed by atoms with Crippen molar-refractivity contribution < 1.29 is 9.61 Å². The van der Waals surface area contributed by atoms with Crippen LogP contribution >= 0.6 is 0 Å². The number of nitrogens with one attached hydrogen (secondary N) is 1. The second-order valence-electron chi connectivity index (χ2n) is 5.00. The molecule has 0 saturated carbocycles. The van der Waals surface area contributed by atoms with Crippen LogP contribution in [0.15, 0.2) is 65.1 Å². The predicted octanol–water partition coefficient (Wildman–Crippen LogP) is 1.06. The number of hydroxylamine groups is 1. The van der Waals surface area contributed by atoms with Crippen molar-refractivity contribution >= 4 is 17.8 Å². The number of nitrogens with two attached hydrogens (primary N) is 1. The highest BCUT2D eigenvalue weighted by Crippen LogP contribution is 2.19. The van der Waals surface area contributed by atoms with Gasteiger partial charge in [-0.05, 0) is 23.8 Å². The summed E-state index contributed by atoms with van der Waals surface area (Å²) in [7, 11) is 2.04. The lowest BCUT2D eigenvalue weighted by Crippen LogP contribution is -2.27. The van der Waals surface area contributed by atoms with E-state index in [1.165, 1.54) is 0 Å². The van der Waals surface area contributed by atoms with E-state index >= 15 is 0 Å². The van der Waals surface area contributed by atoms with Gasteiger partial charge in [0, 0.05) is 11.6 Å². The number of benzene rings is 1. The molecule has 4 N–H and O–H groups in total. The zero-order chi connectivity index (χ0) is 16.2. The van der Waals surface area contributed by atoms with Gasteiger partial charge in [0.2, 0.25) is 5.96 Å². The van der Waals surface area contributed by atoms with Gasteiger partial charge in [0.25, 0.3) is 5.65 Å². The van der Waals surface area contributed by atoms with E-state index in [9.17, 15) is 0 Å². The molecule has 7 nitrogen and oxygen atoms in total. The topological polar surface area (TPSA) is 92.0 Å². The Morgan fingerprint density at radius 1 is 1.26 bits per heavy atom. The Morgan fingerprint density at radius 3 is 2.74 bits per heavy atom. The summed E-state index contributed by atoms with van der Waals surface area (Å²) >= 11 is 0. The molecule has 0 spiro atoms. The molecule has 0 radical (unpaired) electrons. The molecule has 0 saturated heterocycles. The SMILES string of the molecule is Cn1c(-c2ccc(/C=N/N=C(/N)NO)cc2)c[n+]2ccccc12. The Labute approximate surface area is 133 Å². The molecule has 2 heterocycles. The van der Waals surface area contributed by atoms with Gasteiger partial charge in [-0.2, -0.15) is 5.10 Å². The van der Waals surface area contributed by atoms with E-state index in [0.717, 1.165) is 22.5 Å². The Balaban J connectivity index is 1.88. The van der Waals surface area contributed by atoms with Crippen molar-refractivity contribution in [1.82, 2.24) is 10.0 Å². The first kappa shape index (κ1) is 14.7. The third kappa shape index (κ3) is 3.04. The van der Waals surface area contributed by atoms with Crippen LogP contribution in [0.4, 0.5) is 0 Å². The minimum atomic E-state index is -0.162. The Kier molecular flexibility index (Phi) is 4.03. The number of pyridine rings is 1. The highest BCUT2D eigenvalue weighted by atomic mass is 16.5. The normalized spacial score (nSPS) is 12.2. The van der Waals surface area contributed by atoms with Gasteiger partial charge in [-0.15, -0.1) is 5.10 Å². The molecule has 0 aliphatic carbocycles. The molecule has 7 heteroatoms. The molecule has 3 aromatic rings. The van der Waals surface area contributed by atoms with E-state index in [0.29, 0.717) is 0 Å². The molecule has 0 amide bonds.